The molecule has 7 heteroatoms. The summed E-state index contributed by atoms with van der Waals surface area (Å²) in [6.45, 7) is 6.29. The molecule has 146 valence electrons. The summed E-state index contributed by atoms with van der Waals surface area (Å²) in [6.07, 6.45) is 1.64. The average Bonchev–Trinajstić information content (AvgIpc) is 2.58. The molecule has 1 atom stereocenters. The third-order valence-electron chi connectivity index (χ3n) is 3.37. The van der Waals surface area contributed by atoms with E-state index >= 15 is 0 Å². The second-order valence-corrected chi connectivity index (χ2v) is 7.63. The molecule has 0 aliphatic heterocycles. The van der Waals surface area contributed by atoms with Gasteiger partial charge in [-0.1, -0.05) is 46.3 Å². The van der Waals surface area contributed by atoms with E-state index < -0.39 is 17.8 Å². The number of hydrogen-bond donors (Lipinski definition) is 2. The minimum atomic E-state index is -0.509. The van der Waals surface area contributed by atoms with E-state index in [0.29, 0.717) is 11.9 Å². The first-order valence-electron chi connectivity index (χ1n) is 8.80. The van der Waals surface area contributed by atoms with E-state index in [9.17, 15) is 9.59 Å². The molecule has 1 rings (SSSR count). The molecular weight excluding hydrogens is 400 g/mol. The summed E-state index contributed by atoms with van der Waals surface area (Å²) < 4.78 is 10.4. The van der Waals surface area contributed by atoms with Crippen molar-refractivity contribution < 1.29 is 19.1 Å². The lowest BCUT2D eigenvalue weighted by Gasteiger charge is -2.22. The lowest BCUT2D eigenvalue weighted by Crippen LogP contribution is -2.40. The van der Waals surface area contributed by atoms with E-state index in [1.807, 2.05) is 51.1 Å². The van der Waals surface area contributed by atoms with Crippen molar-refractivity contribution in [2.24, 2.45) is 0 Å². The summed E-state index contributed by atoms with van der Waals surface area (Å²) in [5, 5.41) is 6.22. The molecule has 0 spiro atoms. The van der Waals surface area contributed by atoms with Gasteiger partial charge in [-0.2, -0.15) is 0 Å². The number of alkyl carbamates (subject to hydrolysis) is 2. The largest absolute Gasteiger partial charge is 0.445 e. The first-order valence-corrected chi connectivity index (χ1v) is 9.92. The topological polar surface area (TPSA) is 76.7 Å². The number of unbranched alkanes of at least 4 members (excludes halogenated alkanes) is 1. The van der Waals surface area contributed by atoms with E-state index in [2.05, 4.69) is 26.6 Å². The van der Waals surface area contributed by atoms with Crippen LogP contribution in [0.25, 0.3) is 0 Å². The monoisotopic (exact) mass is 428 g/mol. The number of hydrogen-bond acceptors (Lipinski definition) is 4. The summed E-state index contributed by atoms with van der Waals surface area (Å²) >= 11 is 3.40. The number of ether oxygens (including phenoxy) is 2. The molecule has 0 saturated carbocycles. The van der Waals surface area contributed by atoms with Crippen LogP contribution in [0, 0.1) is 0 Å². The van der Waals surface area contributed by atoms with Crippen LogP contribution in [-0.2, 0) is 16.1 Å². The molecule has 0 saturated heterocycles. The molecule has 1 aromatic rings. The van der Waals surface area contributed by atoms with Crippen LogP contribution in [-0.4, -0.2) is 35.7 Å². The van der Waals surface area contributed by atoms with E-state index in [1.54, 1.807) is 0 Å². The Labute approximate surface area is 164 Å². The van der Waals surface area contributed by atoms with Gasteiger partial charge >= 0.3 is 12.2 Å². The second-order valence-electron chi connectivity index (χ2n) is 6.98. The highest BCUT2D eigenvalue weighted by molar-refractivity contribution is 9.09. The van der Waals surface area contributed by atoms with Crippen molar-refractivity contribution in [3.8, 4) is 0 Å². The fraction of sp³-hybridized carbons (Fsp3) is 0.579. The minimum absolute atomic E-state index is 0.00474. The maximum absolute atomic E-state index is 11.8. The minimum Gasteiger partial charge on any atom is -0.445 e. The van der Waals surface area contributed by atoms with Gasteiger partial charge in [0, 0.05) is 17.9 Å². The van der Waals surface area contributed by atoms with Gasteiger partial charge in [-0.3, -0.25) is 0 Å². The Morgan fingerprint density at radius 2 is 1.81 bits per heavy atom. The SMILES string of the molecule is CC(C)(C)OC(=O)N[C@H](CBr)CCCCNC(=O)OCc1ccccc1. The molecule has 0 unspecified atom stereocenters. The van der Waals surface area contributed by atoms with Crippen molar-refractivity contribution in [3.05, 3.63) is 35.9 Å². The molecule has 1 aromatic carbocycles. The standard InChI is InChI=1S/C19H29BrN2O4/c1-19(2,3)26-18(24)22-16(13-20)11-7-8-12-21-17(23)25-14-15-9-5-4-6-10-15/h4-6,9-10,16H,7-8,11-14H2,1-3H3,(H,21,23)(H,22,24)/t16-/m0/s1. The van der Waals surface area contributed by atoms with Gasteiger partial charge in [0.05, 0.1) is 0 Å². The lowest BCUT2D eigenvalue weighted by molar-refractivity contribution is 0.0507. The molecule has 2 amide bonds. The van der Waals surface area contributed by atoms with Gasteiger partial charge in [0.1, 0.15) is 12.2 Å². The van der Waals surface area contributed by atoms with Crippen molar-refractivity contribution in [1.82, 2.24) is 10.6 Å². The molecule has 26 heavy (non-hydrogen) atoms. The summed E-state index contributed by atoms with van der Waals surface area (Å²) in [5.74, 6) is 0. The van der Waals surface area contributed by atoms with Gasteiger partial charge in [0.2, 0.25) is 0 Å². The third-order valence-corrected chi connectivity index (χ3v) is 4.15. The molecule has 2 N–H and O–H groups in total. The number of benzene rings is 1. The maximum Gasteiger partial charge on any atom is 0.407 e. The Balaban J connectivity index is 2.12. The normalized spacial score (nSPS) is 12.2. The van der Waals surface area contributed by atoms with Crippen LogP contribution in [0.3, 0.4) is 0 Å². The second kappa shape index (κ2) is 11.8. The number of alkyl halides is 1. The fourth-order valence-corrected chi connectivity index (χ4v) is 2.63. The smallest absolute Gasteiger partial charge is 0.407 e. The molecule has 0 aliphatic rings. The number of carbonyl (C=O) groups excluding carboxylic acids is 2. The van der Waals surface area contributed by atoms with Gasteiger partial charge in [0.15, 0.2) is 0 Å². The van der Waals surface area contributed by atoms with E-state index in [4.69, 9.17) is 9.47 Å². The lowest BCUT2D eigenvalue weighted by atomic mass is 10.1. The number of nitrogens with one attached hydrogen (secondary N) is 2. The van der Waals surface area contributed by atoms with E-state index in [0.717, 1.165) is 24.8 Å². The predicted molar refractivity (Wildman–Crippen MR) is 105 cm³/mol. The number of carbonyl (C=O) groups is 2. The molecule has 0 radical (unpaired) electrons. The van der Waals surface area contributed by atoms with Crippen LogP contribution in [0.15, 0.2) is 30.3 Å². The van der Waals surface area contributed by atoms with Gasteiger partial charge in [0.25, 0.3) is 0 Å². The molecule has 0 bridgehead atoms. The average molecular weight is 429 g/mol. The van der Waals surface area contributed by atoms with Gasteiger partial charge in [-0.15, -0.1) is 0 Å². The van der Waals surface area contributed by atoms with Crippen LogP contribution in [0.4, 0.5) is 9.59 Å². The van der Waals surface area contributed by atoms with Crippen molar-refractivity contribution in [2.75, 3.05) is 11.9 Å². The Hall–Kier alpha value is -1.76. The van der Waals surface area contributed by atoms with Gasteiger partial charge < -0.3 is 20.1 Å². The van der Waals surface area contributed by atoms with Crippen molar-refractivity contribution in [3.63, 3.8) is 0 Å². The molecule has 0 fully saturated rings. The van der Waals surface area contributed by atoms with Crippen LogP contribution in [0.5, 0.6) is 0 Å². The molecular formula is C19H29BrN2O4. The zero-order valence-corrected chi connectivity index (χ0v) is 17.3. The Bertz CT molecular complexity index is 546. The molecule has 0 aliphatic carbocycles. The highest BCUT2D eigenvalue weighted by Gasteiger charge is 2.18. The highest BCUT2D eigenvalue weighted by atomic mass is 79.9. The van der Waals surface area contributed by atoms with Crippen LogP contribution < -0.4 is 10.6 Å². The summed E-state index contributed by atoms with van der Waals surface area (Å²) in [4.78, 5) is 23.4. The molecule has 6 nitrogen and oxygen atoms in total. The summed E-state index contributed by atoms with van der Waals surface area (Å²) in [6, 6.07) is 9.54. The fourth-order valence-electron chi connectivity index (χ4n) is 2.14. The van der Waals surface area contributed by atoms with Crippen molar-refractivity contribution in [2.45, 2.75) is 58.3 Å². The first-order chi connectivity index (χ1) is 12.3. The first kappa shape index (κ1) is 22.3. The van der Waals surface area contributed by atoms with Crippen molar-refractivity contribution in [1.29, 1.82) is 0 Å². The Kier molecular flexibility index (Phi) is 10.1. The molecule has 0 aromatic heterocycles. The summed E-state index contributed by atoms with van der Waals surface area (Å²) in [7, 11) is 0. The molecule has 0 heterocycles. The van der Waals surface area contributed by atoms with Crippen LogP contribution in [0.1, 0.15) is 45.6 Å². The number of rotatable bonds is 9. The van der Waals surface area contributed by atoms with E-state index in [-0.39, 0.29) is 12.6 Å². The zero-order valence-electron chi connectivity index (χ0n) is 15.7. The van der Waals surface area contributed by atoms with Crippen molar-refractivity contribution >= 4 is 28.1 Å². The maximum atomic E-state index is 11.8. The highest BCUT2D eigenvalue weighted by Crippen LogP contribution is 2.09. The van der Waals surface area contributed by atoms with Crippen LogP contribution >= 0.6 is 15.9 Å². The summed E-state index contributed by atoms with van der Waals surface area (Å²) in [5.41, 5.74) is 0.446. The Morgan fingerprint density at radius 3 is 2.42 bits per heavy atom. The number of halogens is 1. The van der Waals surface area contributed by atoms with Gasteiger partial charge in [-0.05, 0) is 45.6 Å². The third kappa shape index (κ3) is 11.0. The van der Waals surface area contributed by atoms with Gasteiger partial charge in [-0.25, -0.2) is 9.59 Å². The predicted octanol–water partition coefficient (Wildman–Crippen LogP) is 4.37. The number of amides is 2. The zero-order chi connectivity index (χ0) is 19.4. The van der Waals surface area contributed by atoms with Crippen LogP contribution in [0.2, 0.25) is 0 Å². The Morgan fingerprint density at radius 1 is 1.12 bits per heavy atom. The quantitative estimate of drug-likeness (QED) is 0.452. The van der Waals surface area contributed by atoms with E-state index in [1.165, 1.54) is 0 Å².